The van der Waals surface area contributed by atoms with Gasteiger partial charge in [-0.25, -0.2) is 4.98 Å². The average Bonchev–Trinajstić information content (AvgIpc) is 2.64. The molecule has 2 N–H and O–H groups in total. The summed E-state index contributed by atoms with van der Waals surface area (Å²) in [6.07, 6.45) is -4.44. The van der Waals surface area contributed by atoms with Crippen LogP contribution in [0.1, 0.15) is 5.56 Å². The molecule has 1 aromatic heterocycles. The highest BCUT2D eigenvalue weighted by Gasteiger charge is 2.31. The molecule has 2 rings (SSSR count). The first-order valence-corrected chi connectivity index (χ1v) is 5.73. The Morgan fingerprint density at radius 1 is 1.40 bits per heavy atom. The maximum atomic E-state index is 12.6. The van der Waals surface area contributed by atoms with Gasteiger partial charge in [0.25, 0.3) is 0 Å². The second-order valence-electron chi connectivity index (χ2n) is 4.55. The Hall–Kier alpha value is -2.25. The molecule has 0 aliphatic heterocycles. The van der Waals surface area contributed by atoms with Crippen LogP contribution in [0.5, 0.6) is 0 Å². The van der Waals surface area contributed by atoms with Crippen molar-refractivity contribution in [1.82, 2.24) is 14.5 Å². The van der Waals surface area contributed by atoms with Gasteiger partial charge in [-0.15, -0.1) is 0 Å². The lowest BCUT2D eigenvalue weighted by molar-refractivity contribution is -0.137. The number of hydrogen-bond acceptors (Lipinski definition) is 3. The molecular weight excluding hydrogens is 273 g/mol. The molecule has 0 atom stereocenters. The monoisotopic (exact) mass is 286 g/mol. The number of carbonyl (C=O) groups is 1. The number of likely N-dealkylation sites (N-methyl/N-ethyl adjacent to an activating group) is 1. The third-order valence-corrected chi connectivity index (χ3v) is 2.90. The maximum Gasteiger partial charge on any atom is 0.416 e. The van der Waals surface area contributed by atoms with Gasteiger partial charge in [0.2, 0.25) is 11.9 Å². The van der Waals surface area contributed by atoms with Crippen molar-refractivity contribution < 1.29 is 18.0 Å². The molecule has 2 aromatic rings. The van der Waals surface area contributed by atoms with Crippen molar-refractivity contribution >= 4 is 22.9 Å². The van der Waals surface area contributed by atoms with Crippen molar-refractivity contribution in [3.05, 3.63) is 23.8 Å². The topological polar surface area (TPSA) is 64.2 Å². The van der Waals surface area contributed by atoms with Crippen LogP contribution in [0, 0.1) is 0 Å². The summed E-state index contributed by atoms with van der Waals surface area (Å²) < 4.78 is 39.2. The highest BCUT2D eigenvalue weighted by molar-refractivity contribution is 5.83. The van der Waals surface area contributed by atoms with Crippen LogP contribution in [0.4, 0.5) is 19.1 Å². The third-order valence-electron chi connectivity index (χ3n) is 2.90. The van der Waals surface area contributed by atoms with E-state index < -0.39 is 11.7 Å². The minimum absolute atomic E-state index is 0.00882. The molecule has 0 saturated heterocycles. The number of alkyl halides is 3. The van der Waals surface area contributed by atoms with Gasteiger partial charge < -0.3 is 15.2 Å². The van der Waals surface area contributed by atoms with Crippen LogP contribution >= 0.6 is 0 Å². The van der Waals surface area contributed by atoms with Gasteiger partial charge in [-0.05, 0) is 18.2 Å². The zero-order chi connectivity index (χ0) is 15.1. The number of nitrogen functional groups attached to an aromatic ring is 1. The Kier molecular flexibility index (Phi) is 3.33. The summed E-state index contributed by atoms with van der Waals surface area (Å²) >= 11 is 0. The molecule has 5 nitrogen and oxygen atoms in total. The fourth-order valence-corrected chi connectivity index (χ4v) is 1.77. The summed E-state index contributed by atoms with van der Waals surface area (Å²) in [7, 11) is 3.17. The quantitative estimate of drug-likeness (QED) is 0.914. The maximum absolute atomic E-state index is 12.6. The highest BCUT2D eigenvalue weighted by atomic mass is 19.4. The standard InChI is InChI=1S/C12H13F3N4O/c1-18(2)10(20)6-19-9-4-3-7(12(13,14)15)5-8(9)17-11(19)16/h3-5H,6H2,1-2H3,(H2,16,17). The minimum atomic E-state index is -4.44. The van der Waals surface area contributed by atoms with E-state index in [-0.39, 0.29) is 23.9 Å². The number of amides is 1. The van der Waals surface area contributed by atoms with E-state index in [0.717, 1.165) is 12.1 Å². The molecule has 0 unspecified atom stereocenters. The van der Waals surface area contributed by atoms with Crippen LogP contribution < -0.4 is 5.73 Å². The molecule has 0 radical (unpaired) electrons. The average molecular weight is 286 g/mol. The highest BCUT2D eigenvalue weighted by Crippen LogP contribution is 2.31. The zero-order valence-corrected chi connectivity index (χ0v) is 10.9. The number of imidazole rings is 1. The van der Waals surface area contributed by atoms with E-state index in [9.17, 15) is 18.0 Å². The third kappa shape index (κ3) is 2.54. The van der Waals surface area contributed by atoms with E-state index in [4.69, 9.17) is 5.73 Å². The van der Waals surface area contributed by atoms with Crippen molar-refractivity contribution in [2.45, 2.75) is 12.7 Å². The number of benzene rings is 1. The predicted octanol–water partition coefficient (Wildman–Crippen LogP) is 1.73. The molecule has 0 bridgehead atoms. The predicted molar refractivity (Wildman–Crippen MR) is 67.8 cm³/mol. The van der Waals surface area contributed by atoms with Crippen molar-refractivity contribution in [2.75, 3.05) is 19.8 Å². The molecule has 108 valence electrons. The molecule has 1 heterocycles. The van der Waals surface area contributed by atoms with Gasteiger partial charge in [-0.1, -0.05) is 0 Å². The first-order valence-electron chi connectivity index (χ1n) is 5.73. The summed E-state index contributed by atoms with van der Waals surface area (Å²) in [6.45, 7) is -0.0688. The number of fused-ring (bicyclic) bond motifs is 1. The lowest BCUT2D eigenvalue weighted by atomic mass is 10.2. The van der Waals surface area contributed by atoms with E-state index in [1.165, 1.54) is 15.5 Å². The lowest BCUT2D eigenvalue weighted by Crippen LogP contribution is -2.26. The van der Waals surface area contributed by atoms with E-state index in [0.29, 0.717) is 5.52 Å². The first-order chi connectivity index (χ1) is 9.20. The lowest BCUT2D eigenvalue weighted by Gasteiger charge is -2.12. The molecule has 0 spiro atoms. The molecule has 8 heteroatoms. The number of rotatable bonds is 2. The number of anilines is 1. The van der Waals surface area contributed by atoms with Gasteiger partial charge in [0.1, 0.15) is 6.54 Å². The number of aromatic nitrogens is 2. The van der Waals surface area contributed by atoms with Gasteiger partial charge in [0.05, 0.1) is 16.6 Å². The largest absolute Gasteiger partial charge is 0.416 e. The van der Waals surface area contributed by atoms with Gasteiger partial charge in [0.15, 0.2) is 0 Å². The fourth-order valence-electron chi connectivity index (χ4n) is 1.77. The first kappa shape index (κ1) is 14.2. The van der Waals surface area contributed by atoms with E-state index in [1.54, 1.807) is 14.1 Å². The Morgan fingerprint density at radius 3 is 2.60 bits per heavy atom. The molecule has 1 amide bonds. The Balaban J connectivity index is 2.48. The second-order valence-corrected chi connectivity index (χ2v) is 4.55. The summed E-state index contributed by atoms with van der Waals surface area (Å²) in [5.74, 6) is -0.217. The van der Waals surface area contributed by atoms with Gasteiger partial charge in [-0.2, -0.15) is 13.2 Å². The van der Waals surface area contributed by atoms with Crippen molar-refractivity contribution in [3.8, 4) is 0 Å². The molecule has 20 heavy (non-hydrogen) atoms. The zero-order valence-electron chi connectivity index (χ0n) is 10.9. The van der Waals surface area contributed by atoms with E-state index in [1.807, 2.05) is 0 Å². The molecule has 0 saturated carbocycles. The SMILES string of the molecule is CN(C)C(=O)Cn1c(N)nc2cc(C(F)(F)F)ccc21. The smallest absolute Gasteiger partial charge is 0.369 e. The van der Waals surface area contributed by atoms with Gasteiger partial charge in [-0.3, -0.25) is 4.79 Å². The van der Waals surface area contributed by atoms with Gasteiger partial charge in [0, 0.05) is 14.1 Å². The summed E-state index contributed by atoms with van der Waals surface area (Å²) in [5, 5.41) is 0. The van der Waals surface area contributed by atoms with Gasteiger partial charge >= 0.3 is 6.18 Å². The summed E-state index contributed by atoms with van der Waals surface area (Å²) in [4.78, 5) is 16.9. The summed E-state index contributed by atoms with van der Waals surface area (Å²) in [5.41, 5.74) is 5.37. The van der Waals surface area contributed by atoms with Crippen LogP contribution in [0.25, 0.3) is 11.0 Å². The number of nitrogens with two attached hydrogens (primary N) is 1. The summed E-state index contributed by atoms with van der Waals surface area (Å²) in [6, 6.07) is 3.13. The number of carbonyl (C=O) groups excluding carboxylic acids is 1. The Labute approximate surface area is 112 Å². The van der Waals surface area contributed by atoms with Crippen molar-refractivity contribution in [1.29, 1.82) is 0 Å². The fraction of sp³-hybridized carbons (Fsp3) is 0.333. The molecule has 0 aliphatic rings. The van der Waals surface area contributed by atoms with Crippen LogP contribution in [-0.4, -0.2) is 34.5 Å². The number of halogens is 3. The molecule has 0 aliphatic carbocycles. The van der Waals surface area contributed by atoms with Crippen LogP contribution in [-0.2, 0) is 17.5 Å². The molecule has 1 aromatic carbocycles. The Morgan fingerprint density at radius 2 is 2.05 bits per heavy atom. The van der Waals surface area contributed by atoms with Crippen LogP contribution in [0.15, 0.2) is 18.2 Å². The van der Waals surface area contributed by atoms with E-state index >= 15 is 0 Å². The minimum Gasteiger partial charge on any atom is -0.369 e. The Bertz CT molecular complexity index is 661. The van der Waals surface area contributed by atoms with Crippen molar-refractivity contribution in [2.24, 2.45) is 0 Å². The van der Waals surface area contributed by atoms with Crippen LogP contribution in [0.3, 0.4) is 0 Å². The molecule has 0 fully saturated rings. The van der Waals surface area contributed by atoms with Crippen LogP contribution in [0.2, 0.25) is 0 Å². The van der Waals surface area contributed by atoms with Crippen molar-refractivity contribution in [3.63, 3.8) is 0 Å². The number of hydrogen-bond donors (Lipinski definition) is 1. The second kappa shape index (κ2) is 4.69. The van der Waals surface area contributed by atoms with E-state index in [2.05, 4.69) is 4.98 Å². The number of nitrogens with zero attached hydrogens (tertiary/aromatic N) is 3. The normalized spacial score (nSPS) is 11.8. The molecular formula is C12H13F3N4O.